The third kappa shape index (κ3) is 4.07. The highest BCUT2D eigenvalue weighted by atomic mass is 16.5. The number of aliphatic hydroxyl groups excluding tert-OH is 1. The van der Waals surface area contributed by atoms with Gasteiger partial charge < -0.3 is 9.84 Å². The van der Waals surface area contributed by atoms with Crippen LogP contribution in [0, 0.1) is 0 Å². The van der Waals surface area contributed by atoms with Crippen LogP contribution in [0.15, 0.2) is 36.9 Å². The van der Waals surface area contributed by atoms with Gasteiger partial charge in [-0.2, -0.15) is 0 Å². The summed E-state index contributed by atoms with van der Waals surface area (Å²) in [5.41, 5.74) is 0.945. The largest absolute Gasteiger partial charge is 0.494 e. The van der Waals surface area contributed by atoms with E-state index < -0.39 is 0 Å². The molecule has 0 fully saturated rings. The fourth-order valence-electron chi connectivity index (χ4n) is 1.44. The molecule has 2 nitrogen and oxygen atoms in total. The molecule has 0 aliphatic carbocycles. The molecule has 0 aromatic heterocycles. The molecule has 0 bridgehead atoms. The summed E-state index contributed by atoms with van der Waals surface area (Å²) in [6.45, 7) is 6.33. The maximum atomic E-state index is 9.61. The van der Waals surface area contributed by atoms with Gasteiger partial charge in [0.15, 0.2) is 0 Å². The molecule has 1 rings (SSSR count). The summed E-state index contributed by atoms with van der Waals surface area (Å²) >= 11 is 0. The van der Waals surface area contributed by atoms with E-state index in [4.69, 9.17) is 4.74 Å². The van der Waals surface area contributed by atoms with Crippen LogP contribution in [0.4, 0.5) is 0 Å². The monoisotopic (exact) mass is 220 g/mol. The number of hydrogen-bond donors (Lipinski definition) is 1. The number of ether oxygens (including phenoxy) is 1. The van der Waals surface area contributed by atoms with Crippen LogP contribution in [0.1, 0.15) is 37.9 Å². The summed E-state index contributed by atoms with van der Waals surface area (Å²) in [6.07, 6.45) is 4.23. The molecule has 0 aliphatic heterocycles. The molecular weight excluding hydrogens is 200 g/mol. The first kappa shape index (κ1) is 12.8. The van der Waals surface area contributed by atoms with E-state index in [9.17, 15) is 5.11 Å². The predicted molar refractivity (Wildman–Crippen MR) is 66.6 cm³/mol. The standard InChI is InChI=1S/C14H20O2/c1-3-5-6-11-16-13-9-7-12(8-10-13)14(15)4-2/h3,7-10,14-15H,1,4-6,11H2,2H3. The van der Waals surface area contributed by atoms with Crippen LogP contribution in [0.2, 0.25) is 0 Å². The minimum atomic E-state index is -0.366. The minimum absolute atomic E-state index is 0.366. The van der Waals surface area contributed by atoms with Gasteiger partial charge in [-0.15, -0.1) is 6.58 Å². The topological polar surface area (TPSA) is 29.5 Å². The zero-order chi connectivity index (χ0) is 11.8. The number of hydrogen-bond acceptors (Lipinski definition) is 2. The van der Waals surface area contributed by atoms with Crippen molar-refractivity contribution in [3.8, 4) is 5.75 Å². The van der Waals surface area contributed by atoms with Gasteiger partial charge in [-0.3, -0.25) is 0 Å². The van der Waals surface area contributed by atoms with Crippen LogP contribution in [-0.4, -0.2) is 11.7 Å². The Kier molecular flexibility index (Phi) is 5.65. The van der Waals surface area contributed by atoms with Crippen molar-refractivity contribution in [3.05, 3.63) is 42.5 Å². The number of aliphatic hydroxyl groups is 1. The van der Waals surface area contributed by atoms with Crippen molar-refractivity contribution in [2.45, 2.75) is 32.3 Å². The molecular formula is C14H20O2. The zero-order valence-corrected chi connectivity index (χ0v) is 9.86. The third-order valence-corrected chi connectivity index (χ3v) is 2.47. The SMILES string of the molecule is C=CCCCOc1ccc(C(O)CC)cc1. The molecule has 2 heteroatoms. The lowest BCUT2D eigenvalue weighted by Crippen LogP contribution is -1.98. The molecule has 1 atom stereocenters. The van der Waals surface area contributed by atoms with Crippen molar-refractivity contribution in [3.63, 3.8) is 0 Å². The second-order valence-corrected chi connectivity index (χ2v) is 3.77. The van der Waals surface area contributed by atoms with Crippen molar-refractivity contribution in [2.24, 2.45) is 0 Å². The molecule has 1 unspecified atom stereocenters. The van der Waals surface area contributed by atoms with E-state index in [1.165, 1.54) is 0 Å². The van der Waals surface area contributed by atoms with Crippen LogP contribution >= 0.6 is 0 Å². The van der Waals surface area contributed by atoms with Crippen LogP contribution < -0.4 is 4.74 Å². The Labute approximate surface area is 97.6 Å². The van der Waals surface area contributed by atoms with Gasteiger partial charge in [0.2, 0.25) is 0 Å². The Morgan fingerprint density at radius 1 is 1.38 bits per heavy atom. The molecule has 0 radical (unpaired) electrons. The summed E-state index contributed by atoms with van der Waals surface area (Å²) in [7, 11) is 0. The van der Waals surface area contributed by atoms with Gasteiger partial charge in [0.05, 0.1) is 12.7 Å². The van der Waals surface area contributed by atoms with Crippen molar-refractivity contribution in [1.82, 2.24) is 0 Å². The maximum Gasteiger partial charge on any atom is 0.119 e. The molecule has 0 saturated heterocycles. The lowest BCUT2D eigenvalue weighted by molar-refractivity contribution is 0.173. The summed E-state index contributed by atoms with van der Waals surface area (Å²) in [6, 6.07) is 7.64. The van der Waals surface area contributed by atoms with E-state index >= 15 is 0 Å². The fraction of sp³-hybridized carbons (Fsp3) is 0.429. The Balaban J connectivity index is 2.42. The first-order valence-corrected chi connectivity index (χ1v) is 5.79. The van der Waals surface area contributed by atoms with Gasteiger partial charge >= 0.3 is 0 Å². The van der Waals surface area contributed by atoms with E-state index in [1.807, 2.05) is 37.3 Å². The molecule has 0 amide bonds. The second-order valence-electron chi connectivity index (χ2n) is 3.77. The van der Waals surface area contributed by atoms with Crippen molar-refractivity contribution in [1.29, 1.82) is 0 Å². The average molecular weight is 220 g/mol. The number of unbranched alkanes of at least 4 members (excludes halogenated alkanes) is 1. The summed E-state index contributed by atoms with van der Waals surface area (Å²) in [4.78, 5) is 0. The first-order chi connectivity index (χ1) is 7.77. The van der Waals surface area contributed by atoms with E-state index in [2.05, 4.69) is 6.58 Å². The fourth-order valence-corrected chi connectivity index (χ4v) is 1.44. The number of rotatable bonds is 7. The minimum Gasteiger partial charge on any atom is -0.494 e. The van der Waals surface area contributed by atoms with Crippen molar-refractivity contribution in [2.75, 3.05) is 6.61 Å². The Hall–Kier alpha value is -1.28. The Morgan fingerprint density at radius 2 is 2.06 bits per heavy atom. The Morgan fingerprint density at radius 3 is 2.62 bits per heavy atom. The second kappa shape index (κ2) is 7.07. The number of allylic oxidation sites excluding steroid dienone is 1. The normalized spacial score (nSPS) is 12.1. The maximum absolute atomic E-state index is 9.61. The van der Waals surface area contributed by atoms with Gasteiger partial charge in [-0.1, -0.05) is 25.1 Å². The molecule has 0 aliphatic rings. The molecule has 0 spiro atoms. The highest BCUT2D eigenvalue weighted by Crippen LogP contribution is 2.19. The van der Waals surface area contributed by atoms with Gasteiger partial charge in [0.1, 0.15) is 5.75 Å². The van der Waals surface area contributed by atoms with Gasteiger partial charge in [0, 0.05) is 0 Å². The smallest absolute Gasteiger partial charge is 0.119 e. The molecule has 1 aromatic carbocycles. The van der Waals surface area contributed by atoms with Crippen molar-refractivity contribution < 1.29 is 9.84 Å². The summed E-state index contributed by atoms with van der Waals surface area (Å²) in [5, 5.41) is 9.61. The lowest BCUT2D eigenvalue weighted by atomic mass is 10.1. The van der Waals surface area contributed by atoms with Crippen LogP contribution in [-0.2, 0) is 0 Å². The van der Waals surface area contributed by atoms with Crippen LogP contribution in [0.5, 0.6) is 5.75 Å². The average Bonchev–Trinajstić information content (AvgIpc) is 2.34. The first-order valence-electron chi connectivity index (χ1n) is 5.79. The quantitative estimate of drug-likeness (QED) is 0.563. The summed E-state index contributed by atoms with van der Waals surface area (Å²) in [5.74, 6) is 0.858. The zero-order valence-electron chi connectivity index (χ0n) is 9.86. The number of benzene rings is 1. The van der Waals surface area contributed by atoms with Crippen LogP contribution in [0.3, 0.4) is 0 Å². The third-order valence-electron chi connectivity index (χ3n) is 2.47. The van der Waals surface area contributed by atoms with E-state index in [0.717, 1.165) is 30.6 Å². The van der Waals surface area contributed by atoms with Gasteiger partial charge in [-0.05, 0) is 37.0 Å². The molecule has 88 valence electrons. The molecule has 1 N–H and O–H groups in total. The van der Waals surface area contributed by atoms with Crippen LogP contribution in [0.25, 0.3) is 0 Å². The molecule has 0 heterocycles. The lowest BCUT2D eigenvalue weighted by Gasteiger charge is -2.09. The van der Waals surface area contributed by atoms with Gasteiger partial charge in [0.25, 0.3) is 0 Å². The van der Waals surface area contributed by atoms with E-state index in [-0.39, 0.29) is 6.10 Å². The van der Waals surface area contributed by atoms with E-state index in [0.29, 0.717) is 6.61 Å². The summed E-state index contributed by atoms with van der Waals surface area (Å²) < 4.78 is 5.55. The predicted octanol–water partition coefficient (Wildman–Crippen LogP) is 3.48. The molecule has 0 saturated carbocycles. The highest BCUT2D eigenvalue weighted by Gasteiger charge is 2.03. The highest BCUT2D eigenvalue weighted by molar-refractivity contribution is 5.28. The molecule has 1 aromatic rings. The van der Waals surface area contributed by atoms with Gasteiger partial charge in [-0.25, -0.2) is 0 Å². The Bertz CT molecular complexity index is 303. The van der Waals surface area contributed by atoms with Crippen molar-refractivity contribution >= 4 is 0 Å². The molecule has 16 heavy (non-hydrogen) atoms. The van der Waals surface area contributed by atoms with E-state index in [1.54, 1.807) is 0 Å².